The Kier molecular flexibility index (Phi) is 8.00. The van der Waals surface area contributed by atoms with E-state index in [1.165, 1.54) is 25.1 Å². The Morgan fingerprint density at radius 1 is 0.941 bits per heavy atom. The van der Waals surface area contributed by atoms with Crippen molar-refractivity contribution >= 4 is 41.0 Å². The number of benzene rings is 3. The topological polar surface area (TPSA) is 122 Å². The Morgan fingerprint density at radius 3 is 2.18 bits per heavy atom. The van der Waals surface area contributed by atoms with E-state index in [-0.39, 0.29) is 28.5 Å². The third-order valence-electron chi connectivity index (χ3n) is 4.83. The highest BCUT2D eigenvalue weighted by Crippen LogP contribution is 2.17. The fourth-order valence-electron chi connectivity index (χ4n) is 3.05. The van der Waals surface area contributed by atoms with Crippen molar-refractivity contribution in [1.82, 2.24) is 5.32 Å². The maximum absolute atomic E-state index is 12.4. The lowest BCUT2D eigenvalue weighted by Gasteiger charge is -2.15. The number of carboxylic acid groups (broad SMARTS) is 1. The third-order valence-corrected chi connectivity index (χ3v) is 5.16. The number of hydrogen-bond donors (Lipinski definition) is 3. The Bertz CT molecular complexity index is 1210. The molecule has 0 saturated heterocycles. The summed E-state index contributed by atoms with van der Waals surface area (Å²) in [5.41, 5.74) is 1.78. The number of halogens is 1. The van der Waals surface area contributed by atoms with Crippen LogP contribution in [0.5, 0.6) is 5.75 Å². The molecule has 0 aromatic heterocycles. The Morgan fingerprint density at radius 2 is 1.59 bits per heavy atom. The maximum atomic E-state index is 12.4. The molecule has 0 heterocycles. The zero-order valence-electron chi connectivity index (χ0n) is 18.1. The van der Waals surface area contributed by atoms with Crippen LogP contribution in [0.3, 0.4) is 0 Å². The molecule has 34 heavy (non-hydrogen) atoms. The smallest absolute Gasteiger partial charge is 0.417 e. The predicted molar refractivity (Wildman–Crippen MR) is 127 cm³/mol. The zero-order valence-corrected chi connectivity index (χ0v) is 18.8. The largest absolute Gasteiger partial charge is 0.480 e. The normalized spacial score (nSPS) is 11.2. The molecule has 174 valence electrons. The Labute approximate surface area is 200 Å². The minimum Gasteiger partial charge on any atom is -0.480 e. The number of aliphatic carboxylic acids is 1. The second kappa shape index (κ2) is 11.1. The molecule has 0 spiro atoms. The van der Waals surface area contributed by atoms with E-state index in [1.54, 1.807) is 54.6 Å². The van der Waals surface area contributed by atoms with Crippen LogP contribution in [0.25, 0.3) is 0 Å². The molecular formula is C25H21ClN2O6. The summed E-state index contributed by atoms with van der Waals surface area (Å²) < 4.78 is 5.22. The SMILES string of the molecule is CC(=O)c1ccc(NC(=O)Oc2ccc(C[C@H](NC(=O)c3ccccc3Cl)C(=O)O)cc2)cc1. The quantitative estimate of drug-likeness (QED) is 0.406. The van der Waals surface area contributed by atoms with Gasteiger partial charge < -0.3 is 15.2 Å². The first-order chi connectivity index (χ1) is 16.2. The summed E-state index contributed by atoms with van der Waals surface area (Å²) in [6, 6.07) is 17.8. The molecule has 1 atom stereocenters. The number of amides is 2. The van der Waals surface area contributed by atoms with Crippen LogP contribution in [0.1, 0.15) is 33.2 Å². The van der Waals surface area contributed by atoms with Gasteiger partial charge in [0.05, 0.1) is 10.6 Å². The number of ketones is 1. The van der Waals surface area contributed by atoms with E-state index in [4.69, 9.17) is 16.3 Å². The minimum atomic E-state index is -1.20. The van der Waals surface area contributed by atoms with Gasteiger partial charge in [0.1, 0.15) is 11.8 Å². The van der Waals surface area contributed by atoms with Crippen molar-refractivity contribution in [2.45, 2.75) is 19.4 Å². The van der Waals surface area contributed by atoms with Gasteiger partial charge in [0.15, 0.2) is 5.78 Å². The Hall–Kier alpha value is -4.17. The zero-order chi connectivity index (χ0) is 24.7. The van der Waals surface area contributed by atoms with Gasteiger partial charge in [-0.3, -0.25) is 14.9 Å². The molecule has 8 nitrogen and oxygen atoms in total. The number of nitrogens with one attached hydrogen (secondary N) is 2. The van der Waals surface area contributed by atoms with Gasteiger partial charge in [0.2, 0.25) is 0 Å². The third kappa shape index (κ3) is 6.66. The highest BCUT2D eigenvalue weighted by molar-refractivity contribution is 6.33. The van der Waals surface area contributed by atoms with Crippen LogP contribution in [0.15, 0.2) is 72.8 Å². The van der Waals surface area contributed by atoms with Crippen LogP contribution in [-0.4, -0.2) is 34.9 Å². The van der Waals surface area contributed by atoms with Gasteiger partial charge in [-0.25, -0.2) is 9.59 Å². The molecule has 0 unspecified atom stereocenters. The van der Waals surface area contributed by atoms with Crippen molar-refractivity contribution in [3.05, 3.63) is 94.5 Å². The second-order valence-electron chi connectivity index (χ2n) is 7.34. The summed E-state index contributed by atoms with van der Waals surface area (Å²) in [6.45, 7) is 1.45. The van der Waals surface area contributed by atoms with Gasteiger partial charge in [-0.15, -0.1) is 0 Å². The van der Waals surface area contributed by atoms with Gasteiger partial charge in [-0.05, 0) is 61.0 Å². The van der Waals surface area contributed by atoms with Crippen molar-refractivity contribution in [1.29, 1.82) is 0 Å². The van der Waals surface area contributed by atoms with Gasteiger partial charge >= 0.3 is 12.1 Å². The Balaban J connectivity index is 1.58. The molecule has 2 amide bonds. The van der Waals surface area contributed by atoms with Crippen molar-refractivity contribution in [2.24, 2.45) is 0 Å². The molecule has 3 aromatic rings. The summed E-state index contributed by atoms with van der Waals surface area (Å²) >= 11 is 6.00. The lowest BCUT2D eigenvalue weighted by molar-refractivity contribution is -0.139. The fraction of sp³-hybridized carbons (Fsp3) is 0.120. The van der Waals surface area contributed by atoms with Crippen molar-refractivity contribution in [2.75, 3.05) is 5.32 Å². The molecule has 3 rings (SSSR count). The van der Waals surface area contributed by atoms with Gasteiger partial charge in [-0.1, -0.05) is 35.9 Å². The molecule has 0 aliphatic heterocycles. The first-order valence-corrected chi connectivity index (χ1v) is 10.6. The number of Topliss-reactive ketones (excluding diaryl/α,β-unsaturated/α-hetero) is 1. The number of carbonyl (C=O) groups excluding carboxylic acids is 3. The molecule has 0 radical (unpaired) electrons. The molecule has 0 aliphatic rings. The fourth-order valence-corrected chi connectivity index (χ4v) is 3.27. The van der Waals surface area contributed by atoms with Crippen LogP contribution < -0.4 is 15.4 Å². The molecular weight excluding hydrogens is 460 g/mol. The number of rotatable bonds is 8. The average molecular weight is 481 g/mol. The highest BCUT2D eigenvalue weighted by atomic mass is 35.5. The van der Waals surface area contributed by atoms with Crippen molar-refractivity contribution in [3.63, 3.8) is 0 Å². The molecule has 9 heteroatoms. The second-order valence-corrected chi connectivity index (χ2v) is 7.75. The molecule has 0 aliphatic carbocycles. The number of ether oxygens (including phenoxy) is 1. The van der Waals surface area contributed by atoms with E-state index in [0.717, 1.165) is 0 Å². The first-order valence-electron chi connectivity index (χ1n) is 10.2. The number of anilines is 1. The molecule has 0 fully saturated rings. The van der Waals surface area contributed by atoms with Crippen LogP contribution in [0.2, 0.25) is 5.02 Å². The highest BCUT2D eigenvalue weighted by Gasteiger charge is 2.22. The summed E-state index contributed by atoms with van der Waals surface area (Å²) in [6.07, 6.45) is -0.709. The van der Waals surface area contributed by atoms with Gasteiger partial charge in [0.25, 0.3) is 5.91 Å². The van der Waals surface area contributed by atoms with Crippen LogP contribution in [-0.2, 0) is 11.2 Å². The molecule has 3 N–H and O–H groups in total. The average Bonchev–Trinajstić information content (AvgIpc) is 2.80. The molecule has 0 saturated carbocycles. The van der Waals surface area contributed by atoms with E-state index in [9.17, 15) is 24.3 Å². The molecule has 0 bridgehead atoms. The van der Waals surface area contributed by atoms with Crippen molar-refractivity contribution < 1.29 is 29.0 Å². The maximum Gasteiger partial charge on any atom is 0.417 e. The van der Waals surface area contributed by atoms with E-state index in [2.05, 4.69) is 10.6 Å². The number of carbonyl (C=O) groups is 4. The van der Waals surface area contributed by atoms with E-state index in [1.807, 2.05) is 0 Å². The van der Waals surface area contributed by atoms with Crippen LogP contribution >= 0.6 is 11.6 Å². The number of carboxylic acids is 1. The van der Waals surface area contributed by atoms with E-state index < -0.39 is 24.0 Å². The molecule has 3 aromatic carbocycles. The van der Waals surface area contributed by atoms with E-state index >= 15 is 0 Å². The summed E-state index contributed by atoms with van der Waals surface area (Å²) in [4.78, 5) is 47.5. The standard InChI is InChI=1S/C25H21ClN2O6/c1-15(29)17-8-10-18(11-9-17)27-25(33)34-19-12-6-16(7-13-19)14-22(24(31)32)28-23(30)20-4-2-3-5-21(20)26/h2-13,22H,14H2,1H3,(H,27,33)(H,28,30)(H,31,32)/t22-/m0/s1. The van der Waals surface area contributed by atoms with Crippen LogP contribution in [0.4, 0.5) is 10.5 Å². The monoisotopic (exact) mass is 480 g/mol. The summed E-state index contributed by atoms with van der Waals surface area (Å²) in [5, 5.41) is 14.8. The van der Waals surface area contributed by atoms with Gasteiger partial charge in [0, 0.05) is 17.7 Å². The van der Waals surface area contributed by atoms with Crippen molar-refractivity contribution in [3.8, 4) is 5.75 Å². The lowest BCUT2D eigenvalue weighted by atomic mass is 10.1. The first kappa shape index (κ1) is 24.5. The summed E-state index contributed by atoms with van der Waals surface area (Å²) in [7, 11) is 0. The van der Waals surface area contributed by atoms with Gasteiger partial charge in [-0.2, -0.15) is 0 Å². The summed E-state index contributed by atoms with van der Waals surface area (Å²) in [5.74, 6) is -1.63. The predicted octanol–water partition coefficient (Wildman–Crippen LogP) is 4.58. The van der Waals surface area contributed by atoms with E-state index in [0.29, 0.717) is 16.8 Å². The minimum absolute atomic E-state index is 0.0144. The van der Waals surface area contributed by atoms with Crippen LogP contribution in [0, 0.1) is 0 Å². The number of hydrogen-bond acceptors (Lipinski definition) is 5. The lowest BCUT2D eigenvalue weighted by Crippen LogP contribution is -2.42.